The van der Waals surface area contributed by atoms with Gasteiger partial charge in [0.1, 0.15) is 16.5 Å². The molecule has 0 aliphatic rings. The van der Waals surface area contributed by atoms with E-state index in [2.05, 4.69) is 15.6 Å². The maximum Gasteiger partial charge on any atom is 0.332 e. The molecule has 0 aliphatic carbocycles. The van der Waals surface area contributed by atoms with Gasteiger partial charge in [0.05, 0.1) is 30.8 Å². The van der Waals surface area contributed by atoms with Gasteiger partial charge in [-0.25, -0.2) is 18.4 Å². The van der Waals surface area contributed by atoms with Crippen LogP contribution in [0.5, 0.6) is 0 Å². The standard InChI is InChI=1S/C32H32F2N6O4S/c1-3-35-31(43)37-21-12-10-20(11-13-21)28-24(18-38(2)17-22-7-4-5-14-36-22)27-29(42)39(15-16-41)32(44)40(30(27)45-28)19-23-25(33)8-6-9-26(23)34/h4-14,41H,3,15-19H2,1-2H3,(H2,35,37,43). The van der Waals surface area contributed by atoms with Gasteiger partial charge in [0, 0.05) is 42.0 Å². The van der Waals surface area contributed by atoms with Gasteiger partial charge in [0.2, 0.25) is 0 Å². The van der Waals surface area contributed by atoms with Crippen LogP contribution in [0.1, 0.15) is 23.7 Å². The van der Waals surface area contributed by atoms with Crippen molar-refractivity contribution < 1.29 is 18.7 Å². The van der Waals surface area contributed by atoms with Crippen LogP contribution < -0.4 is 21.9 Å². The Morgan fingerprint density at radius 3 is 2.36 bits per heavy atom. The van der Waals surface area contributed by atoms with Gasteiger partial charge in [-0.05, 0) is 61.5 Å². The summed E-state index contributed by atoms with van der Waals surface area (Å²) in [6.07, 6.45) is 1.69. The summed E-state index contributed by atoms with van der Waals surface area (Å²) in [6.45, 7) is 1.77. The van der Waals surface area contributed by atoms with Crippen LogP contribution in [-0.4, -0.2) is 50.4 Å². The lowest BCUT2D eigenvalue weighted by Gasteiger charge is -2.18. The van der Waals surface area contributed by atoms with E-state index >= 15 is 0 Å². The van der Waals surface area contributed by atoms with E-state index in [1.54, 1.807) is 30.5 Å². The van der Waals surface area contributed by atoms with Crippen molar-refractivity contribution in [2.45, 2.75) is 33.1 Å². The Bertz CT molecular complexity index is 1920. The van der Waals surface area contributed by atoms with Crippen molar-refractivity contribution in [3.63, 3.8) is 0 Å². The van der Waals surface area contributed by atoms with E-state index in [4.69, 9.17) is 0 Å². The minimum absolute atomic E-state index is 0.220. The van der Waals surface area contributed by atoms with E-state index in [1.807, 2.05) is 37.1 Å². The number of halogens is 2. The molecule has 0 atom stereocenters. The van der Waals surface area contributed by atoms with Crippen molar-refractivity contribution in [1.82, 2.24) is 24.3 Å². The van der Waals surface area contributed by atoms with E-state index in [-0.39, 0.29) is 34.9 Å². The molecule has 0 spiro atoms. The van der Waals surface area contributed by atoms with Gasteiger partial charge >= 0.3 is 11.7 Å². The number of hydrogen-bond donors (Lipinski definition) is 3. The minimum Gasteiger partial charge on any atom is -0.395 e. The number of urea groups is 1. The molecule has 0 saturated heterocycles. The quantitative estimate of drug-likeness (QED) is 0.198. The molecule has 0 bridgehead atoms. The molecule has 0 fully saturated rings. The lowest BCUT2D eigenvalue weighted by Crippen LogP contribution is -2.41. The Hall–Kier alpha value is -4.72. The Morgan fingerprint density at radius 2 is 1.71 bits per heavy atom. The molecule has 3 N–H and O–H groups in total. The topological polar surface area (TPSA) is 121 Å². The van der Waals surface area contributed by atoms with Gasteiger partial charge < -0.3 is 15.7 Å². The molecule has 2 amide bonds. The molecule has 13 heteroatoms. The van der Waals surface area contributed by atoms with Crippen LogP contribution in [0.3, 0.4) is 0 Å². The molecule has 3 heterocycles. The second kappa shape index (κ2) is 13.9. The average Bonchev–Trinajstić information content (AvgIpc) is 3.38. The fraction of sp³-hybridized carbons (Fsp3) is 0.250. The van der Waals surface area contributed by atoms with Gasteiger partial charge in [-0.15, -0.1) is 11.3 Å². The summed E-state index contributed by atoms with van der Waals surface area (Å²) in [5, 5.41) is 15.4. The lowest BCUT2D eigenvalue weighted by molar-refractivity contribution is 0.252. The lowest BCUT2D eigenvalue weighted by atomic mass is 10.1. The first kappa shape index (κ1) is 31.7. The molecule has 234 valence electrons. The zero-order chi connectivity index (χ0) is 32.1. The highest BCUT2D eigenvalue weighted by molar-refractivity contribution is 7.22. The highest BCUT2D eigenvalue weighted by Gasteiger charge is 2.25. The van der Waals surface area contributed by atoms with Gasteiger partial charge in [-0.2, -0.15) is 0 Å². The van der Waals surface area contributed by atoms with Crippen molar-refractivity contribution in [2.24, 2.45) is 0 Å². The number of carbonyl (C=O) groups is 1. The minimum atomic E-state index is -0.822. The predicted octanol–water partition coefficient (Wildman–Crippen LogP) is 4.38. The van der Waals surface area contributed by atoms with Crippen molar-refractivity contribution in [2.75, 3.05) is 25.5 Å². The fourth-order valence-corrected chi connectivity index (χ4v) is 6.42. The number of rotatable bonds is 11. The number of hydrogen-bond acceptors (Lipinski definition) is 7. The number of carbonyl (C=O) groups excluding carboxylic acids is 1. The zero-order valence-corrected chi connectivity index (χ0v) is 25.5. The first-order valence-corrected chi connectivity index (χ1v) is 15.1. The first-order valence-electron chi connectivity index (χ1n) is 14.3. The number of thiophene rings is 1. The van der Waals surface area contributed by atoms with E-state index in [0.717, 1.165) is 22.4 Å². The summed E-state index contributed by atoms with van der Waals surface area (Å²) in [5.74, 6) is -1.64. The normalized spacial score (nSPS) is 11.3. The molecule has 0 saturated carbocycles. The number of anilines is 1. The number of pyridine rings is 1. The van der Waals surface area contributed by atoms with E-state index in [9.17, 15) is 28.3 Å². The smallest absolute Gasteiger partial charge is 0.332 e. The highest BCUT2D eigenvalue weighted by Crippen LogP contribution is 2.38. The van der Waals surface area contributed by atoms with Crippen LogP contribution in [0.2, 0.25) is 0 Å². The van der Waals surface area contributed by atoms with E-state index < -0.39 is 36.0 Å². The molecule has 2 aromatic carbocycles. The number of nitrogens with zero attached hydrogens (tertiary/aromatic N) is 4. The van der Waals surface area contributed by atoms with Crippen LogP contribution >= 0.6 is 11.3 Å². The average molecular weight is 635 g/mol. The largest absolute Gasteiger partial charge is 0.395 e. The molecule has 45 heavy (non-hydrogen) atoms. The van der Waals surface area contributed by atoms with Crippen LogP contribution in [-0.2, 0) is 26.2 Å². The zero-order valence-electron chi connectivity index (χ0n) is 24.7. The van der Waals surface area contributed by atoms with Crippen LogP contribution in [0, 0.1) is 11.6 Å². The third kappa shape index (κ3) is 6.85. The number of aliphatic hydroxyl groups is 1. The van der Waals surface area contributed by atoms with Crippen molar-refractivity contribution in [1.29, 1.82) is 0 Å². The summed E-state index contributed by atoms with van der Waals surface area (Å²) in [5.41, 5.74) is 0.975. The van der Waals surface area contributed by atoms with E-state index in [0.29, 0.717) is 34.8 Å². The summed E-state index contributed by atoms with van der Waals surface area (Å²) < 4.78 is 31.7. The van der Waals surface area contributed by atoms with Gasteiger partial charge in [0.25, 0.3) is 5.56 Å². The van der Waals surface area contributed by atoms with Crippen molar-refractivity contribution in [3.8, 4) is 10.4 Å². The number of aliphatic hydroxyl groups excluding tert-OH is 1. The molecule has 3 aromatic heterocycles. The first-order chi connectivity index (χ1) is 21.7. The van der Waals surface area contributed by atoms with Gasteiger partial charge in [-0.3, -0.25) is 23.8 Å². The summed E-state index contributed by atoms with van der Waals surface area (Å²) >= 11 is 1.17. The fourth-order valence-electron chi connectivity index (χ4n) is 5.11. The molecular formula is C32H32F2N6O4S. The maximum absolute atomic E-state index is 14.8. The number of nitrogens with one attached hydrogen (secondary N) is 2. The van der Waals surface area contributed by atoms with Crippen molar-refractivity contribution in [3.05, 3.63) is 116 Å². The summed E-state index contributed by atoms with van der Waals surface area (Å²) in [4.78, 5) is 46.9. The monoisotopic (exact) mass is 634 g/mol. The summed E-state index contributed by atoms with van der Waals surface area (Å²) in [7, 11) is 1.87. The summed E-state index contributed by atoms with van der Waals surface area (Å²) in [6, 6.07) is 15.7. The molecule has 0 radical (unpaired) electrons. The molecule has 5 rings (SSSR count). The van der Waals surface area contributed by atoms with Crippen LogP contribution in [0.15, 0.2) is 76.4 Å². The van der Waals surface area contributed by atoms with Crippen LogP contribution in [0.25, 0.3) is 20.7 Å². The number of aromatic nitrogens is 3. The third-order valence-corrected chi connectivity index (χ3v) is 8.49. The molecule has 0 aliphatic heterocycles. The second-order valence-electron chi connectivity index (χ2n) is 10.4. The Labute approximate surface area is 261 Å². The highest BCUT2D eigenvalue weighted by atomic mass is 32.1. The van der Waals surface area contributed by atoms with E-state index in [1.165, 1.54) is 22.0 Å². The van der Waals surface area contributed by atoms with Crippen molar-refractivity contribution >= 4 is 33.3 Å². The second-order valence-corrected chi connectivity index (χ2v) is 11.4. The number of amides is 2. The van der Waals surface area contributed by atoms with Crippen LogP contribution in [0.4, 0.5) is 19.3 Å². The third-order valence-electron chi connectivity index (χ3n) is 7.18. The predicted molar refractivity (Wildman–Crippen MR) is 170 cm³/mol. The molecule has 5 aromatic rings. The molecule has 10 nitrogen and oxygen atoms in total. The SMILES string of the molecule is CCNC(=O)Nc1ccc(-c2sc3c(c2CN(C)Cc2ccccn2)c(=O)n(CCO)c(=O)n3Cc2c(F)cccc2F)cc1. The molecule has 0 unspecified atom stereocenters. The van der Waals surface area contributed by atoms with Gasteiger partial charge in [-0.1, -0.05) is 24.3 Å². The number of benzene rings is 2. The van der Waals surface area contributed by atoms with Gasteiger partial charge in [0.15, 0.2) is 0 Å². The Balaban J connectivity index is 1.70. The Morgan fingerprint density at radius 1 is 0.978 bits per heavy atom. The maximum atomic E-state index is 14.8. The molecular weight excluding hydrogens is 602 g/mol. The Kier molecular flexibility index (Phi) is 9.81. The number of fused-ring (bicyclic) bond motifs is 1.